The van der Waals surface area contributed by atoms with Crippen LogP contribution in [-0.4, -0.2) is 32.4 Å². The van der Waals surface area contributed by atoms with E-state index in [0.717, 1.165) is 60.3 Å². The first-order valence-electron chi connectivity index (χ1n) is 11.9. The highest BCUT2D eigenvalue weighted by Gasteiger charge is 2.08. The van der Waals surface area contributed by atoms with Crippen molar-refractivity contribution in [1.29, 1.82) is 0 Å². The molecule has 0 heterocycles. The van der Waals surface area contributed by atoms with Crippen LogP contribution in [0.5, 0.6) is 5.75 Å². The lowest BCUT2D eigenvalue weighted by molar-refractivity contribution is 0.0314. The van der Waals surface area contributed by atoms with Crippen molar-refractivity contribution in [3.8, 4) is 28.0 Å². The predicted molar refractivity (Wildman–Crippen MR) is 134 cm³/mol. The first kappa shape index (κ1) is 24.5. The Hall–Kier alpha value is -3.11. The van der Waals surface area contributed by atoms with E-state index in [1.165, 1.54) is 0 Å². The molecule has 3 aromatic rings. The second kappa shape index (κ2) is 13.4. The molecule has 3 aromatic carbocycles. The van der Waals surface area contributed by atoms with Gasteiger partial charge < -0.3 is 14.2 Å². The van der Waals surface area contributed by atoms with Crippen LogP contribution in [-0.2, 0) is 9.47 Å². The van der Waals surface area contributed by atoms with Crippen molar-refractivity contribution < 1.29 is 19.0 Å². The largest absolute Gasteiger partial charge is 0.494 e. The first-order chi connectivity index (χ1) is 16.2. The SMILES string of the molecule is CCCCOCCOC(=O)c1ccc(-c2cccc(-c3ccc(OCCCC)cc3)c2)cc1. The van der Waals surface area contributed by atoms with Crippen LogP contribution < -0.4 is 4.74 Å². The summed E-state index contributed by atoms with van der Waals surface area (Å²) >= 11 is 0. The minimum Gasteiger partial charge on any atom is -0.494 e. The van der Waals surface area contributed by atoms with Crippen molar-refractivity contribution >= 4 is 5.97 Å². The lowest BCUT2D eigenvalue weighted by Gasteiger charge is -2.09. The summed E-state index contributed by atoms with van der Waals surface area (Å²) in [6.45, 7) is 6.44. The molecule has 0 saturated heterocycles. The van der Waals surface area contributed by atoms with Crippen LogP contribution >= 0.6 is 0 Å². The third-order valence-corrected chi connectivity index (χ3v) is 5.37. The number of carbonyl (C=O) groups excluding carboxylic acids is 1. The summed E-state index contributed by atoms with van der Waals surface area (Å²) < 4.78 is 16.5. The summed E-state index contributed by atoms with van der Waals surface area (Å²) in [5.41, 5.74) is 4.97. The molecule has 174 valence electrons. The third kappa shape index (κ3) is 7.76. The molecule has 4 heteroatoms. The molecule has 0 aliphatic carbocycles. The summed E-state index contributed by atoms with van der Waals surface area (Å²) in [4.78, 5) is 12.2. The number of rotatable bonds is 13. The number of unbranched alkanes of at least 4 members (excludes halogenated alkanes) is 2. The number of esters is 1. The first-order valence-corrected chi connectivity index (χ1v) is 11.9. The van der Waals surface area contributed by atoms with Crippen LogP contribution in [0, 0.1) is 0 Å². The van der Waals surface area contributed by atoms with Gasteiger partial charge in [-0.1, -0.05) is 69.2 Å². The van der Waals surface area contributed by atoms with Gasteiger partial charge in [-0.25, -0.2) is 4.79 Å². The minimum absolute atomic E-state index is 0.273. The van der Waals surface area contributed by atoms with Gasteiger partial charge in [-0.3, -0.25) is 0 Å². The summed E-state index contributed by atoms with van der Waals surface area (Å²) in [5, 5.41) is 0. The van der Waals surface area contributed by atoms with Crippen LogP contribution in [0.4, 0.5) is 0 Å². The zero-order valence-corrected chi connectivity index (χ0v) is 19.7. The van der Waals surface area contributed by atoms with E-state index in [-0.39, 0.29) is 12.6 Å². The van der Waals surface area contributed by atoms with Gasteiger partial charge in [-0.05, 0) is 65.4 Å². The molecule has 0 N–H and O–H groups in total. The third-order valence-electron chi connectivity index (χ3n) is 5.37. The van der Waals surface area contributed by atoms with E-state index < -0.39 is 0 Å². The fourth-order valence-electron chi connectivity index (χ4n) is 3.38. The Labute approximate surface area is 197 Å². The normalized spacial score (nSPS) is 10.7. The molecular weight excluding hydrogens is 412 g/mol. The van der Waals surface area contributed by atoms with Crippen LogP contribution in [0.25, 0.3) is 22.3 Å². The molecule has 0 radical (unpaired) electrons. The Morgan fingerprint density at radius 2 is 1.27 bits per heavy atom. The van der Waals surface area contributed by atoms with Gasteiger partial charge in [0.1, 0.15) is 12.4 Å². The summed E-state index contributed by atoms with van der Waals surface area (Å²) in [6.07, 6.45) is 4.31. The number of hydrogen-bond acceptors (Lipinski definition) is 4. The second-order valence-electron chi connectivity index (χ2n) is 7.99. The quantitative estimate of drug-likeness (QED) is 0.206. The smallest absolute Gasteiger partial charge is 0.338 e. The summed E-state index contributed by atoms with van der Waals surface area (Å²) in [6, 6.07) is 24.1. The Morgan fingerprint density at radius 1 is 0.667 bits per heavy atom. The predicted octanol–water partition coefficient (Wildman–Crippen LogP) is 7.17. The molecule has 0 saturated carbocycles. The molecule has 0 unspecified atom stereocenters. The molecule has 0 fully saturated rings. The molecule has 33 heavy (non-hydrogen) atoms. The van der Waals surface area contributed by atoms with E-state index in [1.54, 1.807) is 0 Å². The van der Waals surface area contributed by atoms with Crippen molar-refractivity contribution in [3.05, 3.63) is 78.4 Å². The van der Waals surface area contributed by atoms with Crippen molar-refractivity contribution in [2.75, 3.05) is 26.4 Å². The van der Waals surface area contributed by atoms with Gasteiger partial charge in [0.15, 0.2) is 0 Å². The molecule has 0 spiro atoms. The average molecular weight is 447 g/mol. The van der Waals surface area contributed by atoms with E-state index in [9.17, 15) is 4.79 Å². The molecule has 4 nitrogen and oxygen atoms in total. The van der Waals surface area contributed by atoms with Gasteiger partial charge in [0, 0.05) is 6.61 Å². The number of ether oxygens (including phenoxy) is 3. The summed E-state index contributed by atoms with van der Waals surface area (Å²) in [7, 11) is 0. The molecule has 0 amide bonds. The Bertz CT molecular complexity index is 977. The zero-order valence-electron chi connectivity index (χ0n) is 19.7. The van der Waals surface area contributed by atoms with Crippen molar-refractivity contribution in [1.82, 2.24) is 0 Å². The summed E-state index contributed by atoms with van der Waals surface area (Å²) in [5.74, 6) is 0.578. The molecule has 3 rings (SSSR count). The van der Waals surface area contributed by atoms with Gasteiger partial charge >= 0.3 is 5.97 Å². The van der Waals surface area contributed by atoms with E-state index in [0.29, 0.717) is 18.8 Å². The van der Waals surface area contributed by atoms with Crippen LogP contribution in [0.3, 0.4) is 0 Å². The lowest BCUT2D eigenvalue weighted by atomic mass is 9.98. The van der Waals surface area contributed by atoms with Crippen molar-refractivity contribution in [2.24, 2.45) is 0 Å². The van der Waals surface area contributed by atoms with E-state index in [1.807, 2.05) is 36.4 Å². The van der Waals surface area contributed by atoms with Gasteiger partial charge in [-0.2, -0.15) is 0 Å². The maximum absolute atomic E-state index is 12.2. The maximum atomic E-state index is 12.2. The Morgan fingerprint density at radius 3 is 1.91 bits per heavy atom. The van der Waals surface area contributed by atoms with Gasteiger partial charge in [0.25, 0.3) is 0 Å². The molecular formula is C29H34O4. The highest BCUT2D eigenvalue weighted by atomic mass is 16.6. The minimum atomic E-state index is -0.323. The molecule has 0 aromatic heterocycles. The highest BCUT2D eigenvalue weighted by Crippen LogP contribution is 2.28. The number of carbonyl (C=O) groups is 1. The number of benzene rings is 3. The molecule has 0 atom stereocenters. The molecule has 0 aliphatic heterocycles. The van der Waals surface area contributed by atoms with Crippen LogP contribution in [0.1, 0.15) is 49.9 Å². The van der Waals surface area contributed by atoms with Crippen molar-refractivity contribution in [3.63, 3.8) is 0 Å². The van der Waals surface area contributed by atoms with Gasteiger partial charge in [0.2, 0.25) is 0 Å². The Kier molecular flexibility index (Phi) is 9.99. The van der Waals surface area contributed by atoms with Crippen LogP contribution in [0.15, 0.2) is 72.8 Å². The highest BCUT2D eigenvalue weighted by molar-refractivity contribution is 5.90. The van der Waals surface area contributed by atoms with Crippen LogP contribution in [0.2, 0.25) is 0 Å². The maximum Gasteiger partial charge on any atom is 0.338 e. The molecule has 0 bridgehead atoms. The van der Waals surface area contributed by atoms with Gasteiger partial charge in [0.05, 0.1) is 18.8 Å². The molecule has 0 aliphatic rings. The van der Waals surface area contributed by atoms with E-state index in [4.69, 9.17) is 14.2 Å². The van der Waals surface area contributed by atoms with E-state index >= 15 is 0 Å². The topological polar surface area (TPSA) is 44.8 Å². The zero-order chi connectivity index (χ0) is 23.3. The van der Waals surface area contributed by atoms with E-state index in [2.05, 4.69) is 50.2 Å². The fourth-order valence-corrected chi connectivity index (χ4v) is 3.38. The standard InChI is InChI=1S/C29H34O4/c1-3-5-18-31-20-21-33-29(30)25-12-10-23(11-13-25)26-8-7-9-27(22-26)24-14-16-28(17-15-24)32-19-6-4-2/h7-17,22H,3-6,18-21H2,1-2H3. The monoisotopic (exact) mass is 446 g/mol. The average Bonchev–Trinajstić information content (AvgIpc) is 2.87. The number of hydrogen-bond donors (Lipinski definition) is 0. The second-order valence-corrected chi connectivity index (χ2v) is 7.99. The Balaban J connectivity index is 1.59. The fraction of sp³-hybridized carbons (Fsp3) is 0.345. The van der Waals surface area contributed by atoms with Gasteiger partial charge in [-0.15, -0.1) is 0 Å². The van der Waals surface area contributed by atoms with Crippen molar-refractivity contribution in [2.45, 2.75) is 39.5 Å². The lowest BCUT2D eigenvalue weighted by Crippen LogP contribution is -2.11.